The summed E-state index contributed by atoms with van der Waals surface area (Å²) < 4.78 is 44.4. The molecule has 1 aliphatic heterocycles. The fraction of sp³-hybridized carbons (Fsp3) is 0.211. The van der Waals surface area contributed by atoms with Crippen LogP contribution in [0.2, 0.25) is 5.02 Å². The first-order chi connectivity index (χ1) is 14.2. The first-order valence-electron chi connectivity index (χ1n) is 8.65. The minimum atomic E-state index is -4.68. The van der Waals surface area contributed by atoms with Crippen LogP contribution >= 0.6 is 11.6 Å². The molecule has 3 rings (SSSR count). The lowest BCUT2D eigenvalue weighted by Crippen LogP contribution is -2.37. The molecule has 2 aromatic rings. The molecular weight excluding hydrogens is 427 g/mol. The standard InChI is InChI=1S/C19H15ClF3N3O4/c20-14-6-5-11(9-13(14)19(21,22)23)25-17(28)12-3-1-2-4-15(12)30-10-16(27)26-8-7-24-18(26)29/h1-6,9H,7-8,10H2,(H,24,29)(H,25,28). The SMILES string of the molecule is O=C(Nc1ccc(Cl)c(C(F)(F)F)c1)c1ccccc1OCC(=O)N1CCNC1=O. The molecule has 1 heterocycles. The average molecular weight is 442 g/mol. The minimum Gasteiger partial charge on any atom is -0.483 e. The van der Waals surface area contributed by atoms with Gasteiger partial charge in [-0.15, -0.1) is 0 Å². The lowest BCUT2D eigenvalue weighted by atomic mass is 10.1. The predicted molar refractivity (Wildman–Crippen MR) is 101 cm³/mol. The van der Waals surface area contributed by atoms with Crippen molar-refractivity contribution in [2.24, 2.45) is 0 Å². The van der Waals surface area contributed by atoms with Crippen molar-refractivity contribution >= 4 is 35.1 Å². The van der Waals surface area contributed by atoms with Crippen LogP contribution in [0.4, 0.5) is 23.7 Å². The number of imide groups is 1. The number of carbonyl (C=O) groups is 3. The van der Waals surface area contributed by atoms with Crippen molar-refractivity contribution in [1.82, 2.24) is 10.2 Å². The monoisotopic (exact) mass is 441 g/mol. The van der Waals surface area contributed by atoms with Gasteiger partial charge in [-0.2, -0.15) is 13.2 Å². The summed E-state index contributed by atoms with van der Waals surface area (Å²) in [6.45, 7) is 0.0583. The number of alkyl halides is 3. The largest absolute Gasteiger partial charge is 0.483 e. The molecule has 158 valence electrons. The molecule has 2 aromatic carbocycles. The third-order valence-electron chi connectivity index (χ3n) is 4.17. The summed E-state index contributed by atoms with van der Waals surface area (Å²) in [5, 5.41) is 4.34. The molecule has 7 nitrogen and oxygen atoms in total. The number of hydrogen-bond donors (Lipinski definition) is 2. The van der Waals surface area contributed by atoms with E-state index >= 15 is 0 Å². The van der Waals surface area contributed by atoms with Crippen molar-refractivity contribution in [3.05, 3.63) is 58.6 Å². The summed E-state index contributed by atoms with van der Waals surface area (Å²) in [4.78, 5) is 37.1. The summed E-state index contributed by atoms with van der Waals surface area (Å²) in [5.74, 6) is -1.30. The van der Waals surface area contributed by atoms with Crippen LogP contribution in [0.3, 0.4) is 0 Å². The van der Waals surface area contributed by atoms with Gasteiger partial charge in [-0.3, -0.25) is 14.5 Å². The summed E-state index contributed by atoms with van der Waals surface area (Å²) >= 11 is 5.58. The summed E-state index contributed by atoms with van der Waals surface area (Å²) in [6, 6.07) is 8.35. The number of halogens is 4. The van der Waals surface area contributed by atoms with Crippen LogP contribution in [-0.2, 0) is 11.0 Å². The zero-order valence-electron chi connectivity index (χ0n) is 15.3. The van der Waals surface area contributed by atoms with Gasteiger partial charge in [0.15, 0.2) is 6.61 Å². The number of urea groups is 1. The van der Waals surface area contributed by atoms with Crippen LogP contribution in [0.5, 0.6) is 5.75 Å². The number of nitrogens with zero attached hydrogens (tertiary/aromatic N) is 1. The Morgan fingerprint density at radius 2 is 1.93 bits per heavy atom. The number of ether oxygens (including phenoxy) is 1. The quantitative estimate of drug-likeness (QED) is 0.743. The Morgan fingerprint density at radius 1 is 1.20 bits per heavy atom. The number of hydrogen-bond acceptors (Lipinski definition) is 4. The number of rotatable bonds is 5. The van der Waals surface area contributed by atoms with Crippen molar-refractivity contribution in [2.75, 3.05) is 25.0 Å². The second-order valence-electron chi connectivity index (χ2n) is 6.21. The van der Waals surface area contributed by atoms with Gasteiger partial charge in [0.1, 0.15) is 5.75 Å². The van der Waals surface area contributed by atoms with E-state index in [1.165, 1.54) is 24.3 Å². The normalized spacial score (nSPS) is 13.7. The number of carbonyl (C=O) groups excluding carboxylic acids is 3. The molecule has 11 heteroatoms. The molecule has 0 saturated carbocycles. The first kappa shape index (κ1) is 21.4. The maximum atomic E-state index is 13.0. The van der Waals surface area contributed by atoms with Gasteiger partial charge in [0.2, 0.25) is 0 Å². The van der Waals surface area contributed by atoms with Gasteiger partial charge in [-0.05, 0) is 30.3 Å². The molecule has 0 aliphatic carbocycles. The topological polar surface area (TPSA) is 87.7 Å². The number of benzene rings is 2. The van der Waals surface area contributed by atoms with Crippen molar-refractivity contribution in [1.29, 1.82) is 0 Å². The van der Waals surface area contributed by atoms with Gasteiger partial charge >= 0.3 is 12.2 Å². The summed E-state index contributed by atoms with van der Waals surface area (Å²) in [7, 11) is 0. The molecule has 0 atom stereocenters. The fourth-order valence-electron chi connectivity index (χ4n) is 2.73. The lowest BCUT2D eigenvalue weighted by Gasteiger charge is -2.15. The lowest BCUT2D eigenvalue weighted by molar-refractivity contribution is -0.137. The Labute approximate surface area is 173 Å². The molecule has 0 aromatic heterocycles. The smallest absolute Gasteiger partial charge is 0.417 e. The Bertz CT molecular complexity index is 997. The van der Waals surface area contributed by atoms with Gasteiger partial charge in [0.25, 0.3) is 11.8 Å². The Hall–Kier alpha value is -3.27. The molecule has 2 N–H and O–H groups in total. The Morgan fingerprint density at radius 3 is 2.60 bits per heavy atom. The van der Waals surface area contributed by atoms with E-state index in [0.29, 0.717) is 6.54 Å². The molecule has 0 unspecified atom stereocenters. The van der Waals surface area contributed by atoms with Crippen LogP contribution in [0.25, 0.3) is 0 Å². The van der Waals surface area contributed by atoms with E-state index in [2.05, 4.69) is 10.6 Å². The molecular formula is C19H15ClF3N3O4. The molecule has 0 bridgehead atoms. The number of nitrogens with one attached hydrogen (secondary N) is 2. The van der Waals surface area contributed by atoms with Crippen LogP contribution in [0.15, 0.2) is 42.5 Å². The van der Waals surface area contributed by atoms with E-state index in [1.807, 2.05) is 0 Å². The molecule has 4 amide bonds. The summed E-state index contributed by atoms with van der Waals surface area (Å²) in [6.07, 6.45) is -4.68. The van der Waals surface area contributed by atoms with Gasteiger partial charge in [-0.25, -0.2) is 4.79 Å². The third-order valence-corrected chi connectivity index (χ3v) is 4.50. The van der Waals surface area contributed by atoms with Gasteiger partial charge in [-0.1, -0.05) is 23.7 Å². The van der Waals surface area contributed by atoms with E-state index in [0.717, 1.165) is 17.0 Å². The molecule has 0 radical (unpaired) electrons. The van der Waals surface area contributed by atoms with Crippen LogP contribution < -0.4 is 15.4 Å². The number of amides is 4. The highest BCUT2D eigenvalue weighted by Gasteiger charge is 2.33. The van der Waals surface area contributed by atoms with Gasteiger partial charge in [0.05, 0.1) is 16.1 Å². The van der Waals surface area contributed by atoms with E-state index in [9.17, 15) is 27.6 Å². The van der Waals surface area contributed by atoms with Crippen molar-refractivity contribution < 1.29 is 32.3 Å². The Kier molecular flexibility index (Phi) is 6.16. The van der Waals surface area contributed by atoms with Crippen LogP contribution in [0.1, 0.15) is 15.9 Å². The van der Waals surface area contributed by atoms with E-state index < -0.39 is 41.2 Å². The zero-order chi connectivity index (χ0) is 21.9. The number of para-hydroxylation sites is 1. The molecule has 30 heavy (non-hydrogen) atoms. The maximum absolute atomic E-state index is 13.0. The highest BCUT2D eigenvalue weighted by atomic mass is 35.5. The zero-order valence-corrected chi connectivity index (χ0v) is 16.0. The van der Waals surface area contributed by atoms with Crippen molar-refractivity contribution in [3.63, 3.8) is 0 Å². The third kappa shape index (κ3) is 4.82. The molecule has 1 fully saturated rings. The van der Waals surface area contributed by atoms with Crippen LogP contribution in [0, 0.1) is 0 Å². The maximum Gasteiger partial charge on any atom is 0.417 e. The molecule has 0 spiro atoms. The number of anilines is 1. The van der Waals surface area contributed by atoms with Gasteiger partial charge < -0.3 is 15.4 Å². The second kappa shape index (κ2) is 8.62. The van der Waals surface area contributed by atoms with Gasteiger partial charge in [0, 0.05) is 18.8 Å². The molecule has 1 saturated heterocycles. The summed E-state index contributed by atoms with van der Waals surface area (Å²) in [5.41, 5.74) is -1.20. The highest BCUT2D eigenvalue weighted by Crippen LogP contribution is 2.36. The van der Waals surface area contributed by atoms with Crippen molar-refractivity contribution in [3.8, 4) is 5.75 Å². The van der Waals surface area contributed by atoms with Crippen molar-refractivity contribution in [2.45, 2.75) is 6.18 Å². The van der Waals surface area contributed by atoms with Crippen LogP contribution in [-0.4, -0.2) is 42.4 Å². The fourth-order valence-corrected chi connectivity index (χ4v) is 2.95. The first-order valence-corrected chi connectivity index (χ1v) is 9.02. The second-order valence-corrected chi connectivity index (χ2v) is 6.62. The highest BCUT2D eigenvalue weighted by molar-refractivity contribution is 6.31. The predicted octanol–water partition coefficient (Wildman–Crippen LogP) is 3.54. The van der Waals surface area contributed by atoms with E-state index in [-0.39, 0.29) is 23.5 Å². The van der Waals surface area contributed by atoms with E-state index in [4.69, 9.17) is 16.3 Å². The molecule has 1 aliphatic rings. The van der Waals surface area contributed by atoms with E-state index in [1.54, 1.807) is 6.07 Å². The Balaban J connectivity index is 1.73. The average Bonchev–Trinajstić information content (AvgIpc) is 3.13. The minimum absolute atomic E-state index is 0.000294.